The maximum atomic E-state index is 14.2. The smallest absolute Gasteiger partial charge is 0.129 e. The van der Waals surface area contributed by atoms with Gasteiger partial charge in [-0.05, 0) is 29.7 Å². The molecule has 2 aromatic rings. The van der Waals surface area contributed by atoms with Crippen LogP contribution in [0.15, 0.2) is 66.3 Å². The standard InChI is InChI=1S/C21H15F2.2ClH.Zr/c22-19-10-5-11-20(23)17(19)14-21(16-7-2-3-8-16)13-12-15-6-1-4-9-18(15)21;;;/h1-2,4-7,9-13H,3,14H2;2*1H;/q-1;;;. The van der Waals surface area contributed by atoms with Gasteiger partial charge in [0, 0.05) is 37.2 Å². The Morgan fingerprint density at radius 3 is 2.27 bits per heavy atom. The van der Waals surface area contributed by atoms with Crippen LogP contribution >= 0.6 is 24.8 Å². The normalized spacial score (nSPS) is 19.1. The van der Waals surface area contributed by atoms with Gasteiger partial charge in [0.25, 0.3) is 0 Å². The molecule has 0 N–H and O–H groups in total. The third-order valence-electron chi connectivity index (χ3n) is 4.68. The van der Waals surface area contributed by atoms with Crippen molar-refractivity contribution >= 4 is 30.9 Å². The maximum Gasteiger partial charge on any atom is 0.129 e. The molecule has 0 amide bonds. The Kier molecular flexibility index (Phi) is 8.20. The average Bonchev–Trinajstić information content (AvgIpc) is 3.20. The first-order chi connectivity index (χ1) is 11.2. The molecule has 0 saturated carbocycles. The molecule has 134 valence electrons. The molecule has 2 aliphatic rings. The van der Waals surface area contributed by atoms with E-state index < -0.39 is 17.0 Å². The predicted octanol–water partition coefficient (Wildman–Crippen LogP) is 6.00. The number of allylic oxidation sites excluding steroid dienone is 5. The molecular weight excluding hydrogens is 452 g/mol. The molecule has 0 spiro atoms. The summed E-state index contributed by atoms with van der Waals surface area (Å²) in [4.78, 5) is 0. The summed E-state index contributed by atoms with van der Waals surface area (Å²) in [5, 5.41) is 0. The van der Waals surface area contributed by atoms with E-state index >= 15 is 0 Å². The van der Waals surface area contributed by atoms with Gasteiger partial charge in [-0.25, -0.2) is 20.4 Å². The fraction of sp³-hybridized carbons (Fsp3) is 0.143. The Balaban J connectivity index is 0.00000113. The zero-order valence-electron chi connectivity index (χ0n) is 13.8. The Hall–Kier alpha value is -1.02. The first-order valence-corrected chi connectivity index (χ1v) is 7.70. The largest absolute Gasteiger partial charge is 0.268 e. The van der Waals surface area contributed by atoms with Crippen molar-refractivity contribution < 1.29 is 35.0 Å². The zero-order chi connectivity index (χ0) is 15.9. The third kappa shape index (κ3) is 3.81. The summed E-state index contributed by atoms with van der Waals surface area (Å²) in [6.45, 7) is 0. The summed E-state index contributed by atoms with van der Waals surface area (Å²) in [5.74, 6) is -0.991. The van der Waals surface area contributed by atoms with E-state index in [-0.39, 0.29) is 63.0 Å². The van der Waals surface area contributed by atoms with Crippen LogP contribution in [0.2, 0.25) is 0 Å². The van der Waals surface area contributed by atoms with Gasteiger partial charge in [0.2, 0.25) is 0 Å². The second-order valence-corrected chi connectivity index (χ2v) is 5.97. The molecular formula is C21H17Cl2F2Zr-. The fourth-order valence-corrected chi connectivity index (χ4v) is 3.55. The maximum absolute atomic E-state index is 14.2. The molecule has 0 fully saturated rings. The fourth-order valence-electron chi connectivity index (χ4n) is 3.55. The van der Waals surface area contributed by atoms with Crippen LogP contribution in [0.5, 0.6) is 0 Å². The molecule has 0 aliphatic heterocycles. The molecule has 2 aliphatic carbocycles. The SMILES string of the molecule is Cl.Cl.Fc1cccc(F)c1CC1(C2=[C-]CC=C2)C=Cc2ccccc21.[Zr]. The van der Waals surface area contributed by atoms with Crippen LogP contribution in [-0.2, 0) is 38.0 Å². The predicted molar refractivity (Wildman–Crippen MR) is 102 cm³/mol. The van der Waals surface area contributed by atoms with Gasteiger partial charge >= 0.3 is 0 Å². The Morgan fingerprint density at radius 2 is 1.62 bits per heavy atom. The van der Waals surface area contributed by atoms with Gasteiger partial charge in [-0.15, -0.1) is 31.2 Å². The molecule has 0 aromatic heterocycles. The summed E-state index contributed by atoms with van der Waals surface area (Å²) >= 11 is 0. The van der Waals surface area contributed by atoms with Crippen molar-refractivity contribution in [2.75, 3.05) is 0 Å². The molecule has 4 rings (SSSR count). The summed E-state index contributed by atoms with van der Waals surface area (Å²) in [6, 6.07) is 12.1. The van der Waals surface area contributed by atoms with Gasteiger partial charge < -0.3 is 0 Å². The first-order valence-electron chi connectivity index (χ1n) is 7.70. The Morgan fingerprint density at radius 1 is 0.923 bits per heavy atom. The van der Waals surface area contributed by atoms with Crippen LogP contribution < -0.4 is 0 Å². The van der Waals surface area contributed by atoms with Crippen LogP contribution in [0.3, 0.4) is 0 Å². The van der Waals surface area contributed by atoms with Crippen molar-refractivity contribution in [3.63, 3.8) is 0 Å². The van der Waals surface area contributed by atoms with E-state index in [4.69, 9.17) is 0 Å². The van der Waals surface area contributed by atoms with Gasteiger partial charge in [-0.1, -0.05) is 42.5 Å². The van der Waals surface area contributed by atoms with Gasteiger partial charge in [-0.2, -0.15) is 6.08 Å². The van der Waals surface area contributed by atoms with Crippen molar-refractivity contribution in [3.05, 3.63) is 101 Å². The van der Waals surface area contributed by atoms with Crippen LogP contribution in [-0.4, -0.2) is 0 Å². The number of hydrogen-bond donors (Lipinski definition) is 0. The van der Waals surface area contributed by atoms with Crippen LogP contribution in [0.1, 0.15) is 23.1 Å². The number of benzene rings is 2. The van der Waals surface area contributed by atoms with Gasteiger partial charge in [0.1, 0.15) is 11.6 Å². The minimum absolute atomic E-state index is 0. The van der Waals surface area contributed by atoms with E-state index in [2.05, 4.69) is 12.2 Å². The summed E-state index contributed by atoms with van der Waals surface area (Å²) in [6.07, 6.45) is 12.5. The van der Waals surface area contributed by atoms with Crippen molar-refractivity contribution in [1.29, 1.82) is 0 Å². The molecule has 0 saturated heterocycles. The van der Waals surface area contributed by atoms with Gasteiger partial charge in [-0.3, -0.25) is 6.08 Å². The summed E-state index contributed by atoms with van der Waals surface area (Å²) < 4.78 is 28.5. The number of halogens is 4. The minimum atomic E-state index is -0.549. The third-order valence-corrected chi connectivity index (χ3v) is 4.68. The van der Waals surface area contributed by atoms with E-state index in [0.29, 0.717) is 0 Å². The van der Waals surface area contributed by atoms with Crippen molar-refractivity contribution in [2.45, 2.75) is 18.3 Å². The Labute approximate surface area is 184 Å². The molecule has 26 heavy (non-hydrogen) atoms. The van der Waals surface area contributed by atoms with Gasteiger partial charge in [0.15, 0.2) is 0 Å². The van der Waals surface area contributed by atoms with Crippen molar-refractivity contribution in [3.8, 4) is 0 Å². The van der Waals surface area contributed by atoms with E-state index in [1.165, 1.54) is 18.2 Å². The van der Waals surface area contributed by atoms with Crippen molar-refractivity contribution in [1.82, 2.24) is 0 Å². The van der Waals surface area contributed by atoms with Gasteiger partial charge in [0.05, 0.1) is 0 Å². The van der Waals surface area contributed by atoms with E-state index in [1.807, 2.05) is 42.5 Å². The second-order valence-electron chi connectivity index (χ2n) is 5.97. The molecule has 0 heterocycles. The van der Waals surface area contributed by atoms with Crippen LogP contribution in [0, 0.1) is 17.7 Å². The molecule has 0 bridgehead atoms. The van der Waals surface area contributed by atoms with E-state index in [0.717, 1.165) is 23.1 Å². The topological polar surface area (TPSA) is 0 Å². The summed E-state index contributed by atoms with van der Waals surface area (Å²) in [7, 11) is 0. The van der Waals surface area contributed by atoms with Crippen LogP contribution in [0.4, 0.5) is 8.78 Å². The minimum Gasteiger partial charge on any atom is -0.268 e. The molecule has 0 nitrogen and oxygen atoms in total. The number of hydrogen-bond acceptors (Lipinski definition) is 0. The molecule has 0 radical (unpaired) electrons. The molecule has 2 aromatic carbocycles. The van der Waals surface area contributed by atoms with E-state index in [1.54, 1.807) is 0 Å². The van der Waals surface area contributed by atoms with Crippen molar-refractivity contribution in [2.24, 2.45) is 0 Å². The molecule has 1 unspecified atom stereocenters. The monoisotopic (exact) mass is 467 g/mol. The second kappa shape index (κ2) is 9.26. The molecule has 1 atom stereocenters. The number of fused-ring (bicyclic) bond motifs is 1. The summed E-state index contributed by atoms with van der Waals surface area (Å²) in [5.41, 5.74) is 2.74. The number of rotatable bonds is 3. The quantitative estimate of drug-likeness (QED) is 0.484. The first kappa shape index (κ1) is 23.0. The average molecular weight is 469 g/mol. The zero-order valence-corrected chi connectivity index (χ0v) is 17.9. The van der Waals surface area contributed by atoms with E-state index in [9.17, 15) is 8.78 Å². The Bertz CT molecular complexity index is 854. The molecule has 5 heteroatoms. The van der Waals surface area contributed by atoms with Crippen LogP contribution in [0.25, 0.3) is 6.08 Å².